The van der Waals surface area contributed by atoms with Gasteiger partial charge in [0.25, 0.3) is 0 Å². The fourth-order valence-electron chi connectivity index (χ4n) is 2.34. The zero-order chi connectivity index (χ0) is 17.4. The lowest BCUT2D eigenvalue weighted by Crippen LogP contribution is -1.75. The fourth-order valence-corrected chi connectivity index (χ4v) is 2.34. The number of hydrogen-bond donors (Lipinski definition) is 0. The summed E-state index contributed by atoms with van der Waals surface area (Å²) in [5.74, 6) is 5.24. The highest BCUT2D eigenvalue weighted by Crippen LogP contribution is 2.33. The zero-order valence-corrected chi connectivity index (χ0v) is 14.1. The molecule has 0 aromatic rings. The first-order valence-electron chi connectivity index (χ1n) is 7.80. The molecule has 0 heterocycles. The maximum Gasteiger partial charge on any atom is -0.00135 e. The molecule has 0 saturated heterocycles. The summed E-state index contributed by atoms with van der Waals surface area (Å²) in [5, 5.41) is 0. The predicted molar refractivity (Wildman–Crippen MR) is 106 cm³/mol. The highest BCUT2D eigenvalue weighted by atomic mass is 14.1. The third kappa shape index (κ3) is 4.39. The van der Waals surface area contributed by atoms with Crippen molar-refractivity contribution in [3.63, 3.8) is 0 Å². The molecule has 116 valence electrons. The molecular formula is C24H20. The molecule has 0 bridgehead atoms. The largest absolute Gasteiger partial charge is 0.115 e. The molecule has 0 radical (unpaired) electrons. The van der Waals surface area contributed by atoms with Crippen LogP contribution in [0.4, 0.5) is 0 Å². The Bertz CT molecular complexity index is 886. The molecule has 0 aliphatic heterocycles. The SMILES string of the molecule is C#C/C(C)=C\C=C\c1cc2cccccc-2c1/C=C/C=C(/C)C#C. The van der Waals surface area contributed by atoms with Crippen LogP contribution in [-0.2, 0) is 0 Å². The molecule has 0 saturated carbocycles. The highest BCUT2D eigenvalue weighted by molar-refractivity contribution is 5.86. The fraction of sp³-hybridized carbons (Fsp3) is 0.0833. The van der Waals surface area contributed by atoms with Gasteiger partial charge in [-0.2, -0.15) is 0 Å². The molecule has 2 aliphatic carbocycles. The van der Waals surface area contributed by atoms with Crippen molar-refractivity contribution in [2.24, 2.45) is 0 Å². The second-order valence-corrected chi connectivity index (χ2v) is 5.50. The molecule has 2 rings (SSSR count). The standard InChI is InChI=1S/C24H20/c1-5-19(3)12-10-15-22-18-21-14-8-7-9-16-23(21)24(22)17-11-13-20(4)6-2/h1-2,7-18H,3-4H3/b15-10+,17-11+,19-12-,20-13-. The van der Waals surface area contributed by atoms with Crippen LogP contribution >= 0.6 is 0 Å². The first kappa shape index (κ1) is 17.1. The Hall–Kier alpha value is -3.22. The van der Waals surface area contributed by atoms with Gasteiger partial charge < -0.3 is 0 Å². The Morgan fingerprint density at radius 3 is 2.17 bits per heavy atom. The third-order valence-electron chi connectivity index (χ3n) is 3.67. The topological polar surface area (TPSA) is 0 Å². The normalized spacial score (nSPS) is 12.7. The van der Waals surface area contributed by atoms with Crippen LogP contribution in [0, 0.1) is 24.7 Å². The van der Waals surface area contributed by atoms with Gasteiger partial charge in [0.2, 0.25) is 0 Å². The molecule has 0 aromatic heterocycles. The Kier molecular flexibility index (Phi) is 6.01. The van der Waals surface area contributed by atoms with Crippen molar-refractivity contribution < 1.29 is 0 Å². The van der Waals surface area contributed by atoms with Crippen molar-refractivity contribution in [2.45, 2.75) is 13.8 Å². The van der Waals surface area contributed by atoms with Gasteiger partial charge in [-0.25, -0.2) is 0 Å². The molecule has 0 heteroatoms. The van der Waals surface area contributed by atoms with Gasteiger partial charge in [-0.1, -0.05) is 78.6 Å². The minimum absolute atomic E-state index is 0.900. The second-order valence-electron chi connectivity index (χ2n) is 5.50. The molecule has 0 nitrogen and oxygen atoms in total. The molecule has 2 aliphatic rings. The van der Waals surface area contributed by atoms with E-state index in [-0.39, 0.29) is 0 Å². The third-order valence-corrected chi connectivity index (χ3v) is 3.67. The Balaban J connectivity index is 2.50. The molecular weight excluding hydrogens is 288 g/mol. The molecule has 0 spiro atoms. The first-order valence-corrected chi connectivity index (χ1v) is 7.80. The molecule has 24 heavy (non-hydrogen) atoms. The van der Waals surface area contributed by atoms with E-state index < -0.39 is 0 Å². The summed E-state index contributed by atoms with van der Waals surface area (Å²) in [7, 11) is 0. The van der Waals surface area contributed by atoms with Gasteiger partial charge in [0.1, 0.15) is 0 Å². The van der Waals surface area contributed by atoms with E-state index in [4.69, 9.17) is 12.8 Å². The lowest BCUT2D eigenvalue weighted by Gasteiger charge is -1.97. The van der Waals surface area contributed by atoms with Crippen molar-refractivity contribution in [3.05, 3.63) is 83.0 Å². The van der Waals surface area contributed by atoms with Crippen LogP contribution in [0.1, 0.15) is 25.0 Å². The van der Waals surface area contributed by atoms with Crippen LogP contribution in [0.5, 0.6) is 0 Å². The lowest BCUT2D eigenvalue weighted by molar-refractivity contribution is 1.58. The minimum Gasteiger partial charge on any atom is -0.115 e. The summed E-state index contributed by atoms with van der Waals surface area (Å²) < 4.78 is 0. The van der Waals surface area contributed by atoms with Gasteiger partial charge in [-0.05, 0) is 53.3 Å². The molecule has 0 amide bonds. The number of hydrogen-bond acceptors (Lipinski definition) is 0. The first-order chi connectivity index (χ1) is 11.7. The van der Waals surface area contributed by atoms with Gasteiger partial charge in [0.05, 0.1) is 0 Å². The van der Waals surface area contributed by atoms with Gasteiger partial charge in [-0.15, -0.1) is 12.8 Å². The number of terminal acetylenes is 2. The monoisotopic (exact) mass is 308 g/mol. The van der Waals surface area contributed by atoms with Crippen molar-refractivity contribution in [1.82, 2.24) is 0 Å². The van der Waals surface area contributed by atoms with Gasteiger partial charge in [-0.3, -0.25) is 0 Å². The van der Waals surface area contributed by atoms with Crippen molar-refractivity contribution in [1.29, 1.82) is 0 Å². The number of rotatable bonds is 4. The summed E-state index contributed by atoms with van der Waals surface area (Å²) >= 11 is 0. The van der Waals surface area contributed by atoms with Crippen LogP contribution in [0.2, 0.25) is 0 Å². The van der Waals surface area contributed by atoms with Crippen molar-refractivity contribution >= 4 is 12.2 Å². The summed E-state index contributed by atoms with van der Waals surface area (Å²) in [6.45, 7) is 3.84. The zero-order valence-electron chi connectivity index (χ0n) is 14.1. The molecule has 0 aromatic carbocycles. The molecule has 0 unspecified atom stereocenters. The van der Waals surface area contributed by atoms with E-state index in [1.165, 1.54) is 16.7 Å². The highest BCUT2D eigenvalue weighted by Gasteiger charge is 2.10. The van der Waals surface area contributed by atoms with E-state index >= 15 is 0 Å². The van der Waals surface area contributed by atoms with Crippen LogP contribution < -0.4 is 0 Å². The summed E-state index contributed by atoms with van der Waals surface area (Å²) in [6, 6.07) is 12.6. The molecule has 0 N–H and O–H groups in total. The average Bonchev–Trinajstić information content (AvgIpc) is 2.76. The summed E-state index contributed by atoms with van der Waals surface area (Å²) in [4.78, 5) is 0. The maximum atomic E-state index is 5.39. The number of fused-ring (bicyclic) bond motifs is 1. The van der Waals surface area contributed by atoms with Crippen LogP contribution in [0.25, 0.3) is 23.3 Å². The lowest BCUT2D eigenvalue weighted by atomic mass is 10.1. The molecule has 0 fully saturated rings. The average molecular weight is 308 g/mol. The van der Waals surface area contributed by atoms with E-state index in [9.17, 15) is 0 Å². The summed E-state index contributed by atoms with van der Waals surface area (Å²) in [6.07, 6.45) is 22.8. The predicted octanol–water partition coefficient (Wildman–Crippen LogP) is 5.98. The van der Waals surface area contributed by atoms with E-state index in [1.54, 1.807) is 0 Å². The van der Waals surface area contributed by atoms with Gasteiger partial charge in [0.15, 0.2) is 0 Å². The van der Waals surface area contributed by atoms with Crippen molar-refractivity contribution in [3.8, 4) is 35.8 Å². The Labute approximate surface area is 145 Å². The van der Waals surface area contributed by atoms with E-state index in [2.05, 4.69) is 48.3 Å². The Morgan fingerprint density at radius 1 is 0.875 bits per heavy atom. The quantitative estimate of drug-likeness (QED) is 0.481. The van der Waals surface area contributed by atoms with Gasteiger partial charge in [0, 0.05) is 0 Å². The molecule has 0 atom stereocenters. The van der Waals surface area contributed by atoms with Crippen molar-refractivity contribution in [2.75, 3.05) is 0 Å². The minimum atomic E-state index is 0.900. The van der Waals surface area contributed by atoms with Crippen LogP contribution in [0.15, 0.2) is 71.8 Å². The second kappa shape index (κ2) is 8.42. The summed E-state index contributed by atoms with van der Waals surface area (Å²) in [5.41, 5.74) is 6.54. The van der Waals surface area contributed by atoms with E-state index in [0.717, 1.165) is 16.7 Å². The number of allylic oxidation sites excluding steroid dienone is 6. The van der Waals surface area contributed by atoms with Crippen LogP contribution in [-0.4, -0.2) is 0 Å². The van der Waals surface area contributed by atoms with Crippen LogP contribution in [0.3, 0.4) is 0 Å². The smallest absolute Gasteiger partial charge is 0.00135 e. The van der Waals surface area contributed by atoms with Gasteiger partial charge >= 0.3 is 0 Å². The maximum absolute atomic E-state index is 5.39. The Morgan fingerprint density at radius 2 is 1.50 bits per heavy atom. The van der Waals surface area contributed by atoms with E-state index in [0.29, 0.717) is 0 Å². The van der Waals surface area contributed by atoms with E-state index in [1.807, 2.05) is 50.3 Å².